The maximum atomic E-state index is 12.8. The number of phenols is 1. The second-order valence-corrected chi connectivity index (χ2v) is 6.46. The number of aromatic nitrogens is 2. The Bertz CT molecular complexity index is 1260. The molecule has 0 aliphatic carbocycles. The van der Waals surface area contributed by atoms with E-state index in [4.69, 9.17) is 11.6 Å². The number of nitrogens with zero attached hydrogens (tertiary/aromatic N) is 2. The van der Waals surface area contributed by atoms with Gasteiger partial charge in [-0.25, -0.2) is 4.98 Å². The number of aromatic hydroxyl groups is 1. The molecule has 0 fully saturated rings. The predicted molar refractivity (Wildman–Crippen MR) is 100 cm³/mol. The Morgan fingerprint density at radius 2 is 1.96 bits per heavy atom. The molecule has 0 bridgehead atoms. The summed E-state index contributed by atoms with van der Waals surface area (Å²) in [6.45, 7) is 1.83. The van der Waals surface area contributed by atoms with Crippen LogP contribution in [0.1, 0.15) is 21.5 Å². The Morgan fingerprint density at radius 1 is 1.15 bits per heavy atom. The van der Waals surface area contributed by atoms with Crippen LogP contribution in [0.5, 0.6) is 5.75 Å². The fourth-order valence-electron chi connectivity index (χ4n) is 2.94. The normalized spacial score (nSPS) is 11.2. The number of hydrogen-bond donors (Lipinski definition) is 1. The second-order valence-electron chi connectivity index (χ2n) is 6.05. The standard InChI is InChI=1S/C20H13ClN2O3/c1-11-5-6-16(24)13(8-11)19(25)12-9-14-18(15(21)10-12)22-17-4-2-3-7-23(17)20(14)26/h2-10,24H,1H3. The van der Waals surface area contributed by atoms with Crippen molar-refractivity contribution in [3.63, 3.8) is 0 Å². The third-order valence-electron chi connectivity index (χ3n) is 4.24. The number of carbonyl (C=O) groups excluding carboxylic acids is 1. The molecule has 128 valence electrons. The largest absolute Gasteiger partial charge is 0.507 e. The number of pyridine rings is 1. The van der Waals surface area contributed by atoms with Gasteiger partial charge in [0.15, 0.2) is 5.78 Å². The van der Waals surface area contributed by atoms with Crippen molar-refractivity contribution in [2.24, 2.45) is 0 Å². The first-order chi connectivity index (χ1) is 12.5. The maximum Gasteiger partial charge on any atom is 0.265 e. The summed E-state index contributed by atoms with van der Waals surface area (Å²) in [7, 11) is 0. The van der Waals surface area contributed by atoms with Gasteiger partial charge in [-0.3, -0.25) is 14.0 Å². The molecule has 6 heteroatoms. The predicted octanol–water partition coefficient (Wildman–Crippen LogP) is 3.75. The third-order valence-corrected chi connectivity index (χ3v) is 4.52. The molecule has 2 aromatic carbocycles. The smallest absolute Gasteiger partial charge is 0.265 e. The lowest BCUT2D eigenvalue weighted by atomic mass is 9.99. The first-order valence-corrected chi connectivity index (χ1v) is 8.28. The van der Waals surface area contributed by atoms with E-state index in [1.165, 1.54) is 22.6 Å². The average molecular weight is 365 g/mol. The molecule has 0 saturated heterocycles. The molecule has 5 nitrogen and oxygen atoms in total. The van der Waals surface area contributed by atoms with Crippen LogP contribution >= 0.6 is 11.6 Å². The number of aryl methyl sites for hydroxylation is 1. The Kier molecular flexibility index (Phi) is 3.74. The summed E-state index contributed by atoms with van der Waals surface area (Å²) in [5.41, 5.74) is 1.73. The summed E-state index contributed by atoms with van der Waals surface area (Å²) < 4.78 is 1.40. The van der Waals surface area contributed by atoms with E-state index in [1.807, 2.05) is 6.92 Å². The molecular formula is C20H13ClN2O3. The van der Waals surface area contributed by atoms with Crippen LogP contribution in [0.25, 0.3) is 16.6 Å². The Balaban J connectivity index is 1.99. The molecule has 0 atom stereocenters. The van der Waals surface area contributed by atoms with E-state index in [0.717, 1.165) is 5.56 Å². The molecule has 26 heavy (non-hydrogen) atoms. The van der Waals surface area contributed by atoms with E-state index in [1.54, 1.807) is 36.5 Å². The van der Waals surface area contributed by atoms with E-state index in [-0.39, 0.29) is 32.8 Å². The summed E-state index contributed by atoms with van der Waals surface area (Å²) in [4.78, 5) is 30.0. The fraction of sp³-hybridized carbons (Fsp3) is 0.0500. The van der Waals surface area contributed by atoms with Gasteiger partial charge >= 0.3 is 0 Å². The second kappa shape index (κ2) is 5.97. The van der Waals surface area contributed by atoms with E-state index < -0.39 is 5.78 Å². The number of rotatable bonds is 2. The minimum absolute atomic E-state index is 0.120. The number of fused-ring (bicyclic) bond motifs is 2. The maximum absolute atomic E-state index is 12.8. The number of hydrogen-bond acceptors (Lipinski definition) is 4. The van der Waals surface area contributed by atoms with Gasteiger partial charge in [-0.15, -0.1) is 0 Å². The van der Waals surface area contributed by atoms with Gasteiger partial charge in [-0.1, -0.05) is 29.3 Å². The van der Waals surface area contributed by atoms with Crippen LogP contribution < -0.4 is 5.56 Å². The van der Waals surface area contributed by atoms with Crippen molar-refractivity contribution in [1.29, 1.82) is 0 Å². The van der Waals surface area contributed by atoms with Gasteiger partial charge in [0.25, 0.3) is 5.56 Å². The monoisotopic (exact) mass is 364 g/mol. The molecule has 0 radical (unpaired) electrons. The van der Waals surface area contributed by atoms with Crippen LogP contribution in [0, 0.1) is 6.92 Å². The number of carbonyl (C=O) groups is 1. The van der Waals surface area contributed by atoms with Crippen molar-refractivity contribution in [2.45, 2.75) is 6.92 Å². The quantitative estimate of drug-likeness (QED) is 0.434. The highest BCUT2D eigenvalue weighted by Gasteiger charge is 2.18. The number of benzene rings is 2. The van der Waals surface area contributed by atoms with Gasteiger partial charge in [0, 0.05) is 11.8 Å². The van der Waals surface area contributed by atoms with Crippen molar-refractivity contribution in [3.8, 4) is 5.75 Å². The summed E-state index contributed by atoms with van der Waals surface area (Å²) >= 11 is 6.31. The minimum atomic E-state index is -0.410. The van der Waals surface area contributed by atoms with E-state index in [0.29, 0.717) is 11.2 Å². The first-order valence-electron chi connectivity index (χ1n) is 7.90. The molecule has 2 aromatic heterocycles. The minimum Gasteiger partial charge on any atom is -0.507 e. The van der Waals surface area contributed by atoms with E-state index in [9.17, 15) is 14.7 Å². The molecule has 4 aromatic rings. The molecular weight excluding hydrogens is 352 g/mol. The zero-order valence-corrected chi connectivity index (χ0v) is 14.5. The van der Waals surface area contributed by atoms with Crippen LogP contribution in [0.3, 0.4) is 0 Å². The van der Waals surface area contributed by atoms with Gasteiger partial charge in [0.05, 0.1) is 21.5 Å². The molecule has 0 saturated carbocycles. The van der Waals surface area contributed by atoms with Crippen molar-refractivity contribution in [1.82, 2.24) is 9.38 Å². The van der Waals surface area contributed by atoms with Gasteiger partial charge in [0.1, 0.15) is 11.4 Å². The van der Waals surface area contributed by atoms with Gasteiger partial charge < -0.3 is 5.11 Å². The molecule has 1 N–H and O–H groups in total. The van der Waals surface area contributed by atoms with Crippen molar-refractivity contribution >= 4 is 33.9 Å². The fourth-order valence-corrected chi connectivity index (χ4v) is 3.20. The molecule has 0 spiro atoms. The highest BCUT2D eigenvalue weighted by atomic mass is 35.5. The lowest BCUT2D eigenvalue weighted by Gasteiger charge is -2.08. The first kappa shape index (κ1) is 16.3. The Hall–Kier alpha value is -3.18. The number of phenolic OH excluding ortho intramolecular Hbond substituents is 1. The zero-order valence-electron chi connectivity index (χ0n) is 13.7. The Morgan fingerprint density at radius 3 is 2.77 bits per heavy atom. The van der Waals surface area contributed by atoms with E-state index >= 15 is 0 Å². The highest BCUT2D eigenvalue weighted by molar-refractivity contribution is 6.35. The van der Waals surface area contributed by atoms with E-state index in [2.05, 4.69) is 4.98 Å². The summed E-state index contributed by atoms with van der Waals surface area (Å²) in [5.74, 6) is -0.530. The lowest BCUT2D eigenvalue weighted by molar-refractivity contribution is 0.103. The van der Waals surface area contributed by atoms with Crippen molar-refractivity contribution < 1.29 is 9.90 Å². The molecule has 0 unspecified atom stereocenters. The topological polar surface area (TPSA) is 71.7 Å². The lowest BCUT2D eigenvalue weighted by Crippen LogP contribution is -2.16. The average Bonchev–Trinajstić information content (AvgIpc) is 2.64. The summed E-state index contributed by atoms with van der Waals surface area (Å²) in [6, 6.07) is 12.9. The van der Waals surface area contributed by atoms with Gasteiger partial charge in [-0.2, -0.15) is 0 Å². The zero-order chi connectivity index (χ0) is 18.4. The molecule has 4 rings (SSSR count). The van der Waals surface area contributed by atoms with Crippen LogP contribution in [-0.2, 0) is 0 Å². The highest BCUT2D eigenvalue weighted by Crippen LogP contribution is 2.27. The number of halogens is 1. The van der Waals surface area contributed by atoms with Crippen LogP contribution in [-0.4, -0.2) is 20.3 Å². The van der Waals surface area contributed by atoms with Crippen molar-refractivity contribution in [2.75, 3.05) is 0 Å². The molecule has 0 amide bonds. The van der Waals surface area contributed by atoms with Gasteiger partial charge in [-0.05, 0) is 43.3 Å². The summed E-state index contributed by atoms with van der Waals surface area (Å²) in [6.07, 6.45) is 1.61. The molecule has 0 aliphatic heterocycles. The van der Waals surface area contributed by atoms with Crippen LogP contribution in [0.4, 0.5) is 0 Å². The third kappa shape index (κ3) is 2.53. The summed E-state index contributed by atoms with van der Waals surface area (Å²) in [5, 5.41) is 10.5. The van der Waals surface area contributed by atoms with Gasteiger partial charge in [0.2, 0.25) is 0 Å². The number of ketones is 1. The Labute approximate surface area is 153 Å². The van der Waals surface area contributed by atoms with Crippen LogP contribution in [0.15, 0.2) is 59.5 Å². The molecule has 0 aliphatic rings. The van der Waals surface area contributed by atoms with Crippen molar-refractivity contribution in [3.05, 3.63) is 86.8 Å². The molecule has 2 heterocycles. The SMILES string of the molecule is Cc1ccc(O)c(C(=O)c2cc(Cl)c3nc4ccccn4c(=O)c3c2)c1. The van der Waals surface area contributed by atoms with Crippen LogP contribution in [0.2, 0.25) is 5.02 Å².